The van der Waals surface area contributed by atoms with Gasteiger partial charge in [0.2, 0.25) is 0 Å². The van der Waals surface area contributed by atoms with Crippen LogP contribution in [0.2, 0.25) is 0 Å². The number of nitrogens with one attached hydrogen (secondary N) is 1. The molecule has 2 heteroatoms. The fourth-order valence-corrected chi connectivity index (χ4v) is 2.24. The summed E-state index contributed by atoms with van der Waals surface area (Å²) in [7, 11) is 0. The van der Waals surface area contributed by atoms with Crippen LogP contribution < -0.4 is 5.32 Å². The SMILES string of the molecule is CC1CCC(CNCC(C)(O)C(C)C)C1. The summed E-state index contributed by atoms with van der Waals surface area (Å²) in [5, 5.41) is 13.5. The molecule has 1 fully saturated rings. The minimum Gasteiger partial charge on any atom is -0.389 e. The van der Waals surface area contributed by atoms with E-state index in [9.17, 15) is 5.11 Å². The van der Waals surface area contributed by atoms with Gasteiger partial charge in [-0.2, -0.15) is 0 Å². The molecule has 0 bridgehead atoms. The first-order valence-corrected chi connectivity index (χ1v) is 6.35. The zero-order chi connectivity index (χ0) is 11.5. The Balaban J connectivity index is 2.16. The van der Waals surface area contributed by atoms with Crippen LogP contribution in [-0.4, -0.2) is 23.8 Å². The van der Waals surface area contributed by atoms with Crippen molar-refractivity contribution in [1.29, 1.82) is 0 Å². The van der Waals surface area contributed by atoms with Crippen LogP contribution in [0.25, 0.3) is 0 Å². The Bertz CT molecular complexity index is 189. The normalized spacial score (nSPS) is 30.8. The van der Waals surface area contributed by atoms with Gasteiger partial charge in [-0.25, -0.2) is 0 Å². The molecule has 2 nitrogen and oxygen atoms in total. The molecule has 0 aromatic rings. The zero-order valence-corrected chi connectivity index (χ0v) is 10.7. The van der Waals surface area contributed by atoms with Crippen molar-refractivity contribution >= 4 is 0 Å². The Morgan fingerprint density at radius 2 is 2.07 bits per heavy atom. The van der Waals surface area contributed by atoms with E-state index in [2.05, 4.69) is 26.1 Å². The van der Waals surface area contributed by atoms with Gasteiger partial charge in [0.1, 0.15) is 0 Å². The molecule has 1 aliphatic rings. The minimum absolute atomic E-state index is 0.313. The number of hydrogen-bond acceptors (Lipinski definition) is 2. The highest BCUT2D eigenvalue weighted by atomic mass is 16.3. The standard InChI is InChI=1S/C13H27NO/c1-10(2)13(4,15)9-14-8-12-6-5-11(3)7-12/h10-12,14-15H,5-9H2,1-4H3. The first-order chi connectivity index (χ1) is 6.92. The third-order valence-corrected chi connectivity index (χ3v) is 3.96. The van der Waals surface area contributed by atoms with E-state index >= 15 is 0 Å². The Morgan fingerprint density at radius 1 is 1.40 bits per heavy atom. The number of rotatable bonds is 5. The average molecular weight is 213 g/mol. The highest BCUT2D eigenvalue weighted by molar-refractivity contribution is 4.81. The van der Waals surface area contributed by atoms with E-state index < -0.39 is 5.60 Å². The average Bonchev–Trinajstić information content (AvgIpc) is 2.51. The summed E-state index contributed by atoms with van der Waals surface area (Å²) < 4.78 is 0. The number of hydrogen-bond donors (Lipinski definition) is 2. The van der Waals surface area contributed by atoms with Gasteiger partial charge in [0, 0.05) is 6.54 Å². The molecule has 3 unspecified atom stereocenters. The van der Waals surface area contributed by atoms with Crippen LogP contribution in [0.3, 0.4) is 0 Å². The third kappa shape index (κ3) is 4.12. The second-order valence-corrected chi connectivity index (χ2v) is 5.93. The van der Waals surface area contributed by atoms with Gasteiger partial charge >= 0.3 is 0 Å². The lowest BCUT2D eigenvalue weighted by Crippen LogP contribution is -2.43. The molecule has 3 atom stereocenters. The quantitative estimate of drug-likeness (QED) is 0.735. The molecule has 0 aromatic heterocycles. The van der Waals surface area contributed by atoms with E-state index in [0.717, 1.165) is 24.9 Å². The molecule has 1 aliphatic carbocycles. The summed E-state index contributed by atoms with van der Waals surface area (Å²) in [4.78, 5) is 0. The van der Waals surface area contributed by atoms with E-state index in [1.54, 1.807) is 0 Å². The highest BCUT2D eigenvalue weighted by Gasteiger charge is 2.26. The molecular formula is C13H27NO. The van der Waals surface area contributed by atoms with E-state index in [-0.39, 0.29) is 0 Å². The topological polar surface area (TPSA) is 32.3 Å². The Kier molecular flexibility index (Phi) is 4.60. The van der Waals surface area contributed by atoms with Crippen LogP contribution in [0.5, 0.6) is 0 Å². The van der Waals surface area contributed by atoms with Crippen LogP contribution in [-0.2, 0) is 0 Å². The molecule has 1 saturated carbocycles. The number of aliphatic hydroxyl groups is 1. The Labute approximate surface area is 94.5 Å². The van der Waals surface area contributed by atoms with Gasteiger partial charge in [-0.1, -0.05) is 27.2 Å². The molecule has 15 heavy (non-hydrogen) atoms. The summed E-state index contributed by atoms with van der Waals surface area (Å²) >= 11 is 0. The van der Waals surface area contributed by atoms with Gasteiger partial charge in [-0.3, -0.25) is 0 Å². The zero-order valence-electron chi connectivity index (χ0n) is 10.7. The molecule has 2 N–H and O–H groups in total. The second-order valence-electron chi connectivity index (χ2n) is 5.93. The molecule has 90 valence electrons. The van der Waals surface area contributed by atoms with Gasteiger partial charge in [0.15, 0.2) is 0 Å². The highest BCUT2D eigenvalue weighted by Crippen LogP contribution is 2.29. The fraction of sp³-hybridized carbons (Fsp3) is 1.00. The summed E-state index contributed by atoms with van der Waals surface area (Å²) in [6.07, 6.45) is 4.10. The molecule has 0 heterocycles. The molecule has 1 rings (SSSR count). The van der Waals surface area contributed by atoms with Crippen molar-refractivity contribution in [2.75, 3.05) is 13.1 Å². The lowest BCUT2D eigenvalue weighted by atomic mass is 9.92. The molecule has 0 spiro atoms. The lowest BCUT2D eigenvalue weighted by molar-refractivity contribution is 0.0136. The van der Waals surface area contributed by atoms with Gasteiger partial charge in [-0.05, 0) is 44.1 Å². The lowest BCUT2D eigenvalue weighted by Gasteiger charge is -2.28. The van der Waals surface area contributed by atoms with Crippen LogP contribution >= 0.6 is 0 Å². The summed E-state index contributed by atoms with van der Waals surface area (Å²) in [5.74, 6) is 2.05. The fourth-order valence-electron chi connectivity index (χ4n) is 2.24. The van der Waals surface area contributed by atoms with E-state index in [0.29, 0.717) is 5.92 Å². The Hall–Kier alpha value is -0.0800. The van der Waals surface area contributed by atoms with Crippen LogP contribution in [0.1, 0.15) is 47.0 Å². The van der Waals surface area contributed by atoms with Crippen molar-refractivity contribution in [2.45, 2.75) is 52.6 Å². The van der Waals surface area contributed by atoms with Crippen molar-refractivity contribution in [3.63, 3.8) is 0 Å². The summed E-state index contributed by atoms with van der Waals surface area (Å²) in [6, 6.07) is 0. The molecule has 0 amide bonds. The first kappa shape index (κ1) is 13.0. The second kappa shape index (κ2) is 5.31. The van der Waals surface area contributed by atoms with Gasteiger partial charge in [0.25, 0.3) is 0 Å². The van der Waals surface area contributed by atoms with Gasteiger partial charge < -0.3 is 10.4 Å². The monoisotopic (exact) mass is 213 g/mol. The smallest absolute Gasteiger partial charge is 0.0766 e. The first-order valence-electron chi connectivity index (χ1n) is 6.35. The molecule has 0 radical (unpaired) electrons. The van der Waals surface area contributed by atoms with Crippen molar-refractivity contribution in [3.8, 4) is 0 Å². The van der Waals surface area contributed by atoms with Crippen molar-refractivity contribution in [3.05, 3.63) is 0 Å². The minimum atomic E-state index is -0.565. The summed E-state index contributed by atoms with van der Waals surface area (Å²) in [6.45, 7) is 10.2. The summed E-state index contributed by atoms with van der Waals surface area (Å²) in [5.41, 5.74) is -0.565. The predicted molar refractivity (Wildman–Crippen MR) is 64.8 cm³/mol. The van der Waals surface area contributed by atoms with Gasteiger partial charge in [0.05, 0.1) is 5.60 Å². The van der Waals surface area contributed by atoms with E-state index in [4.69, 9.17) is 0 Å². The van der Waals surface area contributed by atoms with Crippen LogP contribution in [0.4, 0.5) is 0 Å². The maximum absolute atomic E-state index is 10.1. The molecule has 0 aliphatic heterocycles. The molecule has 0 saturated heterocycles. The van der Waals surface area contributed by atoms with Crippen molar-refractivity contribution in [2.24, 2.45) is 17.8 Å². The maximum Gasteiger partial charge on any atom is 0.0766 e. The van der Waals surface area contributed by atoms with E-state index in [1.165, 1.54) is 19.3 Å². The molecule has 0 aromatic carbocycles. The largest absolute Gasteiger partial charge is 0.389 e. The van der Waals surface area contributed by atoms with Crippen molar-refractivity contribution < 1.29 is 5.11 Å². The third-order valence-electron chi connectivity index (χ3n) is 3.96. The predicted octanol–water partition coefficient (Wildman–Crippen LogP) is 2.42. The van der Waals surface area contributed by atoms with E-state index in [1.807, 2.05) is 6.92 Å². The van der Waals surface area contributed by atoms with Crippen LogP contribution in [0, 0.1) is 17.8 Å². The maximum atomic E-state index is 10.1. The van der Waals surface area contributed by atoms with Crippen molar-refractivity contribution in [1.82, 2.24) is 5.32 Å². The molecular weight excluding hydrogens is 186 g/mol. The Morgan fingerprint density at radius 3 is 2.53 bits per heavy atom. The van der Waals surface area contributed by atoms with Gasteiger partial charge in [-0.15, -0.1) is 0 Å². The van der Waals surface area contributed by atoms with Crippen LogP contribution in [0.15, 0.2) is 0 Å².